The van der Waals surface area contributed by atoms with Crippen LogP contribution in [0.15, 0.2) is 0 Å². The molecule has 3 nitrogen and oxygen atoms in total. The summed E-state index contributed by atoms with van der Waals surface area (Å²) < 4.78 is 0. The number of carbonyl (C=O) groups is 1. The van der Waals surface area contributed by atoms with E-state index in [-0.39, 0.29) is 5.91 Å². The first kappa shape index (κ1) is 17.4. The minimum atomic E-state index is -0.625. The quantitative estimate of drug-likeness (QED) is 0.763. The van der Waals surface area contributed by atoms with Crippen LogP contribution in [0.2, 0.25) is 0 Å². The Kier molecular flexibility index (Phi) is 6.93. The summed E-state index contributed by atoms with van der Waals surface area (Å²) in [6.07, 6.45) is 7.40. The third-order valence-electron chi connectivity index (χ3n) is 4.92. The molecule has 1 amide bonds. The zero-order valence-corrected chi connectivity index (χ0v) is 14.1. The molecule has 116 valence electrons. The molecule has 1 atom stereocenters. The van der Waals surface area contributed by atoms with E-state index in [9.17, 15) is 4.79 Å². The van der Waals surface area contributed by atoms with Crippen LogP contribution in [0.3, 0.4) is 0 Å². The first-order chi connectivity index (χ1) is 9.51. The second kappa shape index (κ2) is 7.96. The predicted molar refractivity (Wildman–Crippen MR) is 88.6 cm³/mol. The first-order valence-corrected chi connectivity index (χ1v) is 8.51. The van der Waals surface area contributed by atoms with Crippen LogP contribution in [0.25, 0.3) is 0 Å². The average Bonchev–Trinajstić information content (AvgIpc) is 2.66. The maximum Gasteiger partial charge on any atom is 0.235 e. The van der Waals surface area contributed by atoms with Crippen molar-refractivity contribution in [2.75, 3.05) is 13.1 Å². The third-order valence-corrected chi connectivity index (χ3v) is 5.31. The van der Waals surface area contributed by atoms with Crippen LogP contribution in [0.5, 0.6) is 0 Å². The fourth-order valence-corrected chi connectivity index (χ4v) is 3.75. The Morgan fingerprint density at radius 3 is 2.40 bits per heavy atom. The summed E-state index contributed by atoms with van der Waals surface area (Å²) in [7, 11) is 0. The molecule has 20 heavy (non-hydrogen) atoms. The van der Waals surface area contributed by atoms with Crippen LogP contribution >= 0.6 is 12.2 Å². The first-order valence-electron chi connectivity index (χ1n) is 8.11. The van der Waals surface area contributed by atoms with Crippen molar-refractivity contribution in [1.82, 2.24) is 4.90 Å². The van der Waals surface area contributed by atoms with Crippen molar-refractivity contribution in [3.05, 3.63) is 0 Å². The molecule has 0 aromatic rings. The normalized spacial score (nSPS) is 20.6. The Hall–Kier alpha value is -0.640. The molecule has 1 aliphatic heterocycles. The van der Waals surface area contributed by atoms with Crippen LogP contribution in [0, 0.1) is 11.3 Å². The molecule has 0 aromatic heterocycles. The van der Waals surface area contributed by atoms with E-state index in [0.29, 0.717) is 17.8 Å². The molecule has 1 aliphatic rings. The smallest absolute Gasteiger partial charge is 0.235 e. The van der Waals surface area contributed by atoms with Crippen molar-refractivity contribution in [2.45, 2.75) is 65.7 Å². The summed E-state index contributed by atoms with van der Waals surface area (Å²) in [6.45, 7) is 7.99. The van der Waals surface area contributed by atoms with Crippen LogP contribution in [-0.2, 0) is 4.79 Å². The summed E-state index contributed by atoms with van der Waals surface area (Å²) >= 11 is 5.20. The van der Waals surface area contributed by atoms with Gasteiger partial charge in [0.15, 0.2) is 0 Å². The highest BCUT2D eigenvalue weighted by atomic mass is 32.1. The largest absolute Gasteiger partial charge is 0.392 e. The lowest BCUT2D eigenvalue weighted by Crippen LogP contribution is -2.50. The Morgan fingerprint density at radius 1 is 1.25 bits per heavy atom. The number of amides is 1. The molecule has 1 fully saturated rings. The van der Waals surface area contributed by atoms with Gasteiger partial charge >= 0.3 is 0 Å². The lowest BCUT2D eigenvalue weighted by molar-refractivity contribution is -0.138. The van der Waals surface area contributed by atoms with Gasteiger partial charge in [0.25, 0.3) is 0 Å². The fraction of sp³-hybridized carbons (Fsp3) is 0.875. The van der Waals surface area contributed by atoms with Crippen LogP contribution in [0.1, 0.15) is 65.7 Å². The van der Waals surface area contributed by atoms with Crippen molar-refractivity contribution in [2.24, 2.45) is 17.1 Å². The Balaban J connectivity index is 2.78. The third kappa shape index (κ3) is 3.72. The molecule has 1 heterocycles. The molecule has 1 saturated heterocycles. The number of nitrogens with two attached hydrogens (primary N) is 1. The number of likely N-dealkylation sites (tertiary alicyclic amines) is 1. The minimum Gasteiger partial charge on any atom is -0.392 e. The number of carbonyl (C=O) groups excluding carboxylic acids is 1. The highest BCUT2D eigenvalue weighted by Gasteiger charge is 2.41. The summed E-state index contributed by atoms with van der Waals surface area (Å²) in [5.74, 6) is 0.937. The Morgan fingerprint density at radius 2 is 1.90 bits per heavy atom. The molecular formula is C16H30N2OS. The zero-order valence-electron chi connectivity index (χ0n) is 13.3. The van der Waals surface area contributed by atoms with Gasteiger partial charge in [0.2, 0.25) is 5.91 Å². The average molecular weight is 298 g/mol. The second-order valence-corrected chi connectivity index (χ2v) is 6.47. The molecule has 1 rings (SSSR count). The lowest BCUT2D eigenvalue weighted by atomic mass is 9.80. The van der Waals surface area contributed by atoms with Gasteiger partial charge in [-0.2, -0.15) is 0 Å². The Labute approximate surface area is 129 Å². The highest BCUT2D eigenvalue weighted by molar-refractivity contribution is 7.80. The predicted octanol–water partition coefficient (Wildman–Crippen LogP) is 3.51. The van der Waals surface area contributed by atoms with E-state index in [4.69, 9.17) is 18.0 Å². The molecule has 4 heteroatoms. The topological polar surface area (TPSA) is 46.3 Å². The summed E-state index contributed by atoms with van der Waals surface area (Å²) in [5, 5.41) is 0. The van der Waals surface area contributed by atoms with Gasteiger partial charge in [0.1, 0.15) is 0 Å². The molecule has 0 radical (unpaired) electrons. The summed E-state index contributed by atoms with van der Waals surface area (Å²) in [4.78, 5) is 15.3. The van der Waals surface area contributed by atoms with E-state index in [1.807, 2.05) is 18.7 Å². The van der Waals surface area contributed by atoms with Gasteiger partial charge in [0.05, 0.1) is 10.4 Å². The fourth-order valence-electron chi connectivity index (χ4n) is 3.37. The van der Waals surface area contributed by atoms with Gasteiger partial charge < -0.3 is 10.6 Å². The molecule has 0 aliphatic carbocycles. The minimum absolute atomic E-state index is 0.159. The summed E-state index contributed by atoms with van der Waals surface area (Å²) in [6, 6.07) is 0. The Bertz CT molecular complexity index is 339. The van der Waals surface area contributed by atoms with E-state index in [0.717, 1.165) is 31.8 Å². The van der Waals surface area contributed by atoms with Crippen molar-refractivity contribution in [3.63, 3.8) is 0 Å². The molecule has 1 unspecified atom stereocenters. The van der Waals surface area contributed by atoms with E-state index in [1.54, 1.807) is 0 Å². The van der Waals surface area contributed by atoms with Crippen molar-refractivity contribution >= 4 is 23.1 Å². The maximum atomic E-state index is 12.9. The van der Waals surface area contributed by atoms with Gasteiger partial charge in [0, 0.05) is 13.1 Å². The van der Waals surface area contributed by atoms with Crippen molar-refractivity contribution < 1.29 is 4.79 Å². The monoisotopic (exact) mass is 298 g/mol. The second-order valence-electron chi connectivity index (χ2n) is 6.03. The number of hydrogen-bond donors (Lipinski definition) is 1. The molecule has 2 N–H and O–H groups in total. The standard InChI is InChI=1S/C16H30N2OS/c1-4-8-13-9-7-11-18(12-10-13)15(19)16(5-2,6-3)14(17)20/h13H,4-12H2,1-3H3,(H2,17,20). The van der Waals surface area contributed by atoms with Crippen LogP contribution < -0.4 is 5.73 Å². The molecule has 0 aromatic carbocycles. The van der Waals surface area contributed by atoms with E-state index >= 15 is 0 Å². The number of thiocarbonyl (C=S) groups is 1. The van der Waals surface area contributed by atoms with E-state index in [2.05, 4.69) is 6.92 Å². The van der Waals surface area contributed by atoms with Crippen LogP contribution in [-0.4, -0.2) is 28.9 Å². The highest BCUT2D eigenvalue weighted by Crippen LogP contribution is 2.31. The molecule has 0 bridgehead atoms. The van der Waals surface area contributed by atoms with Gasteiger partial charge in [-0.05, 0) is 38.0 Å². The van der Waals surface area contributed by atoms with E-state index in [1.165, 1.54) is 19.3 Å². The lowest BCUT2D eigenvalue weighted by Gasteiger charge is -2.35. The van der Waals surface area contributed by atoms with Gasteiger partial charge in [-0.25, -0.2) is 0 Å². The van der Waals surface area contributed by atoms with Crippen molar-refractivity contribution in [1.29, 1.82) is 0 Å². The van der Waals surface area contributed by atoms with Gasteiger partial charge in [-0.3, -0.25) is 4.79 Å². The summed E-state index contributed by atoms with van der Waals surface area (Å²) in [5.41, 5.74) is 5.27. The van der Waals surface area contributed by atoms with Crippen molar-refractivity contribution in [3.8, 4) is 0 Å². The molecule has 0 spiro atoms. The maximum absolute atomic E-state index is 12.9. The number of hydrogen-bond acceptors (Lipinski definition) is 2. The van der Waals surface area contributed by atoms with Crippen LogP contribution in [0.4, 0.5) is 0 Å². The van der Waals surface area contributed by atoms with Gasteiger partial charge in [-0.15, -0.1) is 0 Å². The van der Waals surface area contributed by atoms with Gasteiger partial charge in [-0.1, -0.05) is 45.8 Å². The molecular weight excluding hydrogens is 268 g/mol. The zero-order chi connectivity index (χ0) is 15.2. The number of nitrogens with zero attached hydrogens (tertiary/aromatic N) is 1. The SMILES string of the molecule is CCCC1CCCN(C(=O)C(CC)(CC)C(N)=S)CC1. The molecule has 0 saturated carbocycles. The van der Waals surface area contributed by atoms with E-state index < -0.39 is 5.41 Å². The number of rotatable bonds is 6.